The molecule has 0 heterocycles. The summed E-state index contributed by atoms with van der Waals surface area (Å²) in [5.41, 5.74) is 0. The summed E-state index contributed by atoms with van der Waals surface area (Å²) in [6, 6.07) is 0.0158. The summed E-state index contributed by atoms with van der Waals surface area (Å²) < 4.78 is 13.3. The van der Waals surface area contributed by atoms with Gasteiger partial charge in [0, 0.05) is 0 Å². The minimum Gasteiger partial charge on any atom is -0.132 e. The molecule has 0 aromatic rings. The zero-order chi connectivity index (χ0) is 4.12. The lowest BCUT2D eigenvalue weighted by Crippen LogP contribution is -1.59. The van der Waals surface area contributed by atoms with Crippen LogP contribution in [-0.2, 0) is 9.09 Å². The molecule has 0 aliphatic carbocycles. The van der Waals surface area contributed by atoms with E-state index in [-0.39, 0.29) is 6.07 Å². The zero-order valence-corrected chi connectivity index (χ0v) is 4.16. The lowest BCUT2D eigenvalue weighted by Gasteiger charge is -1.60. The summed E-state index contributed by atoms with van der Waals surface area (Å²) in [5.74, 6) is 0. The molecule has 1 unspecified atom stereocenters. The summed E-state index contributed by atoms with van der Waals surface area (Å²) >= 11 is 4.89. The molecule has 0 rings (SSSR count). The molecule has 0 fully saturated rings. The van der Waals surface area contributed by atoms with Gasteiger partial charge in [0.25, 0.3) is 0 Å². The molecule has 0 aliphatic heterocycles. The summed E-state index contributed by atoms with van der Waals surface area (Å²) in [7, 11) is -0.724. The Morgan fingerprint density at radius 3 is 2.60 bits per heavy atom. The van der Waals surface area contributed by atoms with E-state index in [9.17, 15) is 4.57 Å². The maximum atomic E-state index is 9.25. The topological polar surface area (TPSA) is 26.3 Å². The van der Waals surface area contributed by atoms with Gasteiger partial charge in [0.15, 0.2) is 6.07 Å². The van der Waals surface area contributed by atoms with Gasteiger partial charge in [0.1, 0.15) is 0 Å². The molecule has 1 atom stereocenters. The van der Waals surface area contributed by atoms with Gasteiger partial charge < -0.3 is 0 Å². The standard InChI is InChI=1S/CH3ClO2P/c2-1-4-5-3/h5H,1H2/q+1. The average Bonchev–Trinajstić information content (AvgIpc) is 1.41. The number of hydrogen-bond acceptors (Lipinski definition) is 2. The second kappa shape index (κ2) is 4.35. The smallest absolute Gasteiger partial charge is 0.132 e. The van der Waals surface area contributed by atoms with Crippen LogP contribution in [0.3, 0.4) is 0 Å². The summed E-state index contributed by atoms with van der Waals surface area (Å²) in [4.78, 5) is 0. The molecule has 5 heavy (non-hydrogen) atoms. The summed E-state index contributed by atoms with van der Waals surface area (Å²) in [5, 5.41) is 0. The van der Waals surface area contributed by atoms with E-state index in [4.69, 9.17) is 11.6 Å². The van der Waals surface area contributed by atoms with Crippen LogP contribution in [0.1, 0.15) is 0 Å². The molecule has 0 saturated carbocycles. The average molecular weight is 113 g/mol. The van der Waals surface area contributed by atoms with E-state index in [1.165, 1.54) is 0 Å². The summed E-state index contributed by atoms with van der Waals surface area (Å²) in [6.45, 7) is 0. The van der Waals surface area contributed by atoms with Crippen molar-refractivity contribution in [2.24, 2.45) is 0 Å². The van der Waals surface area contributed by atoms with Crippen LogP contribution in [0.15, 0.2) is 0 Å². The predicted octanol–water partition coefficient (Wildman–Crippen LogP) is 1.14. The largest absolute Gasteiger partial charge is 0.495 e. The van der Waals surface area contributed by atoms with E-state index < -0.39 is 8.69 Å². The van der Waals surface area contributed by atoms with Gasteiger partial charge in [-0.1, -0.05) is 11.6 Å². The molecule has 2 nitrogen and oxygen atoms in total. The van der Waals surface area contributed by atoms with E-state index >= 15 is 0 Å². The van der Waals surface area contributed by atoms with Gasteiger partial charge in [-0.25, -0.2) is 0 Å². The van der Waals surface area contributed by atoms with Crippen LogP contribution in [0.4, 0.5) is 0 Å². The number of hydrogen-bond donors (Lipinski definition) is 0. The highest BCUT2D eigenvalue weighted by Gasteiger charge is 1.79. The van der Waals surface area contributed by atoms with E-state index in [1.54, 1.807) is 0 Å². The molecule has 0 aromatic heterocycles. The minimum atomic E-state index is -0.724. The molecule has 0 saturated heterocycles. The van der Waals surface area contributed by atoms with Crippen LogP contribution in [0.2, 0.25) is 0 Å². The van der Waals surface area contributed by atoms with Crippen molar-refractivity contribution in [3.63, 3.8) is 0 Å². The third kappa shape index (κ3) is 4.35. The second-order valence-corrected chi connectivity index (χ2v) is 1.01. The van der Waals surface area contributed by atoms with Crippen LogP contribution >= 0.6 is 20.3 Å². The first-order chi connectivity index (χ1) is 2.41. The molecule has 0 aromatic carbocycles. The van der Waals surface area contributed by atoms with Gasteiger partial charge in [-0.15, -0.1) is 4.52 Å². The second-order valence-electron chi connectivity index (χ2n) is 0.337. The van der Waals surface area contributed by atoms with Crippen molar-refractivity contribution in [3.8, 4) is 0 Å². The Hall–Kier alpha value is 0.350. The van der Waals surface area contributed by atoms with Gasteiger partial charge in [-0.2, -0.15) is 0 Å². The molecule has 0 N–H and O–H groups in total. The lowest BCUT2D eigenvalue weighted by molar-refractivity contribution is 0.410. The van der Waals surface area contributed by atoms with Gasteiger partial charge in [0.05, 0.1) is 0 Å². The van der Waals surface area contributed by atoms with Crippen molar-refractivity contribution in [3.05, 3.63) is 0 Å². The van der Waals surface area contributed by atoms with Crippen LogP contribution in [0.25, 0.3) is 0 Å². The van der Waals surface area contributed by atoms with Crippen molar-refractivity contribution >= 4 is 20.3 Å². The van der Waals surface area contributed by atoms with Gasteiger partial charge >= 0.3 is 8.69 Å². The Morgan fingerprint density at radius 2 is 2.60 bits per heavy atom. The van der Waals surface area contributed by atoms with Gasteiger partial charge in [-0.05, 0) is 4.57 Å². The first-order valence-corrected chi connectivity index (χ1v) is 2.32. The first kappa shape index (κ1) is 5.35. The van der Waals surface area contributed by atoms with E-state index in [1.807, 2.05) is 0 Å². The SMILES string of the molecule is O=[PH+]OCCl. The fourth-order valence-corrected chi connectivity index (χ4v) is 0.200. The molecule has 0 amide bonds. The Kier molecular flexibility index (Phi) is 4.65. The fourth-order valence-electron chi connectivity index (χ4n) is 0.0223. The molecule has 0 spiro atoms. The monoisotopic (exact) mass is 113 g/mol. The Bertz CT molecular complexity index is 30.8. The van der Waals surface area contributed by atoms with E-state index in [2.05, 4.69) is 4.52 Å². The quantitative estimate of drug-likeness (QED) is 0.397. The van der Waals surface area contributed by atoms with Crippen molar-refractivity contribution in [2.75, 3.05) is 6.07 Å². The predicted molar refractivity (Wildman–Crippen MR) is 20.8 cm³/mol. The number of rotatable bonds is 2. The maximum absolute atomic E-state index is 9.25. The van der Waals surface area contributed by atoms with Crippen LogP contribution in [0, 0.1) is 0 Å². The maximum Gasteiger partial charge on any atom is 0.495 e. The number of halogens is 1. The molecular weight excluding hydrogens is 110 g/mol. The third-order valence-corrected chi connectivity index (χ3v) is 0.668. The lowest BCUT2D eigenvalue weighted by atomic mass is 11.7. The van der Waals surface area contributed by atoms with E-state index in [0.29, 0.717) is 0 Å². The molecule has 4 heteroatoms. The third-order valence-electron chi connectivity index (χ3n) is 0.113. The molecule has 30 valence electrons. The van der Waals surface area contributed by atoms with E-state index in [0.717, 1.165) is 0 Å². The van der Waals surface area contributed by atoms with Crippen LogP contribution in [0.5, 0.6) is 0 Å². The van der Waals surface area contributed by atoms with Crippen molar-refractivity contribution in [2.45, 2.75) is 0 Å². The van der Waals surface area contributed by atoms with Crippen molar-refractivity contribution < 1.29 is 9.09 Å². The number of alkyl halides is 1. The van der Waals surface area contributed by atoms with Gasteiger partial charge in [-0.3, -0.25) is 0 Å². The Labute approximate surface area is 36.4 Å². The zero-order valence-electron chi connectivity index (χ0n) is 2.40. The molecular formula is CH3ClO2P+. The molecule has 0 radical (unpaired) electrons. The highest BCUT2D eigenvalue weighted by Crippen LogP contribution is 1.92. The minimum absolute atomic E-state index is 0.0158. The van der Waals surface area contributed by atoms with Crippen molar-refractivity contribution in [1.29, 1.82) is 0 Å². The summed E-state index contributed by atoms with van der Waals surface area (Å²) in [6.07, 6.45) is 0. The van der Waals surface area contributed by atoms with Crippen LogP contribution < -0.4 is 0 Å². The molecule has 0 aliphatic rings. The van der Waals surface area contributed by atoms with Crippen molar-refractivity contribution in [1.82, 2.24) is 0 Å². The highest BCUT2D eigenvalue weighted by molar-refractivity contribution is 7.17. The Morgan fingerprint density at radius 1 is 2.00 bits per heavy atom. The van der Waals surface area contributed by atoms with Gasteiger partial charge in [0.2, 0.25) is 0 Å². The normalized spacial score (nSPS) is 9.00. The Balaban J connectivity index is 2.40. The highest BCUT2D eigenvalue weighted by atomic mass is 35.5. The fraction of sp³-hybridized carbons (Fsp3) is 1.00. The molecule has 0 bridgehead atoms. The van der Waals surface area contributed by atoms with Crippen LogP contribution in [-0.4, -0.2) is 6.07 Å². The first-order valence-electron chi connectivity index (χ1n) is 0.964.